The van der Waals surface area contributed by atoms with Crippen molar-refractivity contribution in [3.8, 4) is 33.8 Å². The van der Waals surface area contributed by atoms with Crippen LogP contribution in [0.25, 0.3) is 22.3 Å². The predicted octanol–water partition coefficient (Wildman–Crippen LogP) is 6.72. The Labute approximate surface area is 220 Å². The maximum absolute atomic E-state index is 6.76. The van der Waals surface area contributed by atoms with Crippen molar-refractivity contribution in [1.29, 1.82) is 0 Å². The third kappa shape index (κ3) is 6.57. The molecule has 0 unspecified atom stereocenters. The Hall–Kier alpha value is -3.07. The van der Waals surface area contributed by atoms with Gasteiger partial charge < -0.3 is 17.4 Å². The van der Waals surface area contributed by atoms with Crippen LogP contribution >= 0.6 is 0 Å². The molecule has 0 amide bonds. The summed E-state index contributed by atoms with van der Waals surface area (Å²) < 4.78 is 13.5. The summed E-state index contributed by atoms with van der Waals surface area (Å²) in [7, 11) is 8.33. The molecular weight excluding hydrogens is 459 g/mol. The van der Waals surface area contributed by atoms with Crippen LogP contribution in [0, 0.1) is 0 Å². The van der Waals surface area contributed by atoms with Gasteiger partial charge in [0.25, 0.3) is 0 Å². The van der Waals surface area contributed by atoms with Crippen LogP contribution in [0.2, 0.25) is 5.79 Å². The van der Waals surface area contributed by atoms with E-state index in [9.17, 15) is 0 Å². The van der Waals surface area contributed by atoms with Gasteiger partial charge in [0.15, 0.2) is 0 Å². The predicted molar refractivity (Wildman–Crippen MR) is 151 cm³/mol. The maximum Gasteiger partial charge on any atom is 0.853 e. The van der Waals surface area contributed by atoms with E-state index >= 15 is 0 Å². The number of hydrogen-bond acceptors (Lipinski definition) is 4. The van der Waals surface area contributed by atoms with Crippen LogP contribution in [-0.4, -0.2) is 52.8 Å². The molecule has 0 heterocycles. The van der Waals surface area contributed by atoms with Crippen molar-refractivity contribution in [3.05, 3.63) is 108 Å². The SMILES string of the molecule is CN(C)Cc1cccc(-c2ccccc2)c1[O][Al]([CH3])[O]c1c(CN(C)C)cccc1-c1ccccc1. The molecule has 4 aromatic carbocycles. The topological polar surface area (TPSA) is 24.9 Å². The van der Waals surface area contributed by atoms with Crippen molar-refractivity contribution in [3.63, 3.8) is 0 Å². The van der Waals surface area contributed by atoms with Crippen LogP contribution in [0.1, 0.15) is 11.1 Å². The summed E-state index contributed by atoms with van der Waals surface area (Å²) in [6.45, 7) is 1.59. The minimum Gasteiger partial charge on any atom is -0.611 e. The van der Waals surface area contributed by atoms with E-state index in [0.29, 0.717) is 0 Å². The fourth-order valence-electron chi connectivity index (χ4n) is 4.42. The molecule has 4 aromatic rings. The van der Waals surface area contributed by atoms with Gasteiger partial charge >= 0.3 is 14.8 Å². The van der Waals surface area contributed by atoms with E-state index in [1.165, 1.54) is 0 Å². The van der Waals surface area contributed by atoms with Crippen LogP contribution in [0.15, 0.2) is 97.1 Å². The molecule has 4 rings (SSSR count). The summed E-state index contributed by atoms with van der Waals surface area (Å²) in [5.74, 6) is 3.95. The van der Waals surface area contributed by atoms with Gasteiger partial charge in [-0.25, -0.2) is 0 Å². The molecule has 0 aliphatic rings. The molecule has 0 saturated heterocycles. The van der Waals surface area contributed by atoms with Gasteiger partial charge in [0.05, 0.1) is 11.5 Å². The highest BCUT2D eigenvalue weighted by molar-refractivity contribution is 6.44. The van der Waals surface area contributed by atoms with Gasteiger partial charge in [-0.1, -0.05) is 97.1 Å². The third-order valence-corrected chi connectivity index (χ3v) is 7.04. The number of benzene rings is 4. The fourth-order valence-corrected chi connectivity index (χ4v) is 5.69. The second-order valence-electron chi connectivity index (χ2n) is 9.60. The lowest BCUT2D eigenvalue weighted by molar-refractivity contribution is 0.377. The van der Waals surface area contributed by atoms with Crippen LogP contribution < -0.4 is 7.58 Å². The molecule has 0 radical (unpaired) electrons. The number of rotatable bonds is 10. The summed E-state index contributed by atoms with van der Waals surface area (Å²) >= 11 is -2.14. The van der Waals surface area contributed by atoms with Gasteiger partial charge in [-0.3, -0.25) is 0 Å². The Kier molecular flexibility index (Phi) is 8.85. The molecule has 4 nitrogen and oxygen atoms in total. The number of nitrogens with zero attached hydrogens (tertiary/aromatic N) is 2. The first kappa shape index (κ1) is 26.0. The number of para-hydroxylation sites is 2. The molecule has 0 bridgehead atoms. The van der Waals surface area contributed by atoms with Gasteiger partial charge in [-0.2, -0.15) is 0 Å². The van der Waals surface area contributed by atoms with E-state index < -0.39 is 14.8 Å². The average molecular weight is 495 g/mol. The third-order valence-electron chi connectivity index (χ3n) is 5.90. The molecule has 5 heteroatoms. The van der Waals surface area contributed by atoms with Crippen LogP contribution in [-0.2, 0) is 13.1 Å². The number of hydrogen-bond donors (Lipinski definition) is 0. The molecule has 0 fully saturated rings. The largest absolute Gasteiger partial charge is 0.853 e. The van der Waals surface area contributed by atoms with Gasteiger partial charge in [-0.05, 0) is 45.1 Å². The summed E-state index contributed by atoms with van der Waals surface area (Å²) in [4.78, 5) is 4.34. The molecule has 0 aliphatic carbocycles. The van der Waals surface area contributed by atoms with E-state index in [4.69, 9.17) is 7.58 Å². The second-order valence-corrected chi connectivity index (χ2v) is 11.2. The van der Waals surface area contributed by atoms with E-state index in [1.807, 2.05) is 12.1 Å². The van der Waals surface area contributed by atoms with Crippen molar-refractivity contribution in [2.24, 2.45) is 0 Å². The van der Waals surface area contributed by atoms with Crippen LogP contribution in [0.4, 0.5) is 0 Å². The molecule has 0 aliphatic heterocycles. The lowest BCUT2D eigenvalue weighted by atomic mass is 10.0. The Morgan fingerprint density at radius 1 is 0.528 bits per heavy atom. The van der Waals surface area contributed by atoms with Crippen molar-refractivity contribution >= 4 is 14.8 Å². The Balaban J connectivity index is 1.72. The summed E-state index contributed by atoms with van der Waals surface area (Å²) in [6.07, 6.45) is 0. The second kappa shape index (κ2) is 12.3. The maximum atomic E-state index is 6.76. The van der Waals surface area contributed by atoms with E-state index in [2.05, 4.69) is 129 Å². The molecule has 0 atom stereocenters. The van der Waals surface area contributed by atoms with Crippen LogP contribution in [0.3, 0.4) is 0 Å². The first-order valence-electron chi connectivity index (χ1n) is 12.4. The van der Waals surface area contributed by atoms with E-state index in [0.717, 1.165) is 58.0 Å². The summed E-state index contributed by atoms with van der Waals surface area (Å²) in [5.41, 5.74) is 6.81. The minimum absolute atomic E-state index is 0.795. The zero-order valence-corrected chi connectivity index (χ0v) is 23.1. The van der Waals surface area contributed by atoms with Gasteiger partial charge in [-0.15, -0.1) is 0 Å². The normalized spacial score (nSPS) is 11.1. The lowest BCUT2D eigenvalue weighted by Gasteiger charge is -2.24. The lowest BCUT2D eigenvalue weighted by Crippen LogP contribution is -2.28. The molecule has 0 spiro atoms. The molecular formula is C31H35AlN2O2. The first-order valence-corrected chi connectivity index (χ1v) is 14.5. The highest BCUT2D eigenvalue weighted by Crippen LogP contribution is 2.37. The standard InChI is InChI=1S/2C15H17NO.CH3.Al/c2*1-16(2)11-13-9-6-10-14(15(13)17)12-7-4-3-5-8-12;;/h2*3-10,17H,11H2,1-2H3;1H3;/q;;;+2/p-2. The first-order chi connectivity index (χ1) is 17.4. The Morgan fingerprint density at radius 3 is 1.28 bits per heavy atom. The van der Waals surface area contributed by atoms with Gasteiger partial charge in [0, 0.05) is 35.3 Å². The molecule has 0 N–H and O–H groups in total. The zero-order chi connectivity index (χ0) is 25.5. The molecule has 0 aromatic heterocycles. The summed E-state index contributed by atoms with van der Waals surface area (Å²) in [5, 5.41) is 0. The highest BCUT2D eigenvalue weighted by atomic mass is 27.2. The van der Waals surface area contributed by atoms with Gasteiger partial charge in [0.2, 0.25) is 0 Å². The monoisotopic (exact) mass is 494 g/mol. The Bertz CT molecular complexity index is 1160. The molecule has 184 valence electrons. The van der Waals surface area contributed by atoms with E-state index in [1.54, 1.807) is 0 Å². The van der Waals surface area contributed by atoms with Crippen LogP contribution in [0.5, 0.6) is 11.5 Å². The van der Waals surface area contributed by atoms with Crippen molar-refractivity contribution in [2.45, 2.75) is 18.9 Å². The van der Waals surface area contributed by atoms with Crippen molar-refractivity contribution in [1.82, 2.24) is 9.80 Å². The quantitative estimate of drug-likeness (QED) is 0.229. The fraction of sp³-hybridized carbons (Fsp3) is 0.226. The highest BCUT2D eigenvalue weighted by Gasteiger charge is 2.29. The minimum atomic E-state index is -2.14. The molecule has 36 heavy (non-hydrogen) atoms. The smallest absolute Gasteiger partial charge is 0.611 e. The summed E-state index contributed by atoms with van der Waals surface area (Å²) in [6, 6.07) is 33.7. The van der Waals surface area contributed by atoms with E-state index in [-0.39, 0.29) is 0 Å². The average Bonchev–Trinajstić information content (AvgIpc) is 2.86. The Morgan fingerprint density at radius 2 is 0.917 bits per heavy atom. The molecule has 0 saturated carbocycles. The zero-order valence-electron chi connectivity index (χ0n) is 21.9. The van der Waals surface area contributed by atoms with Crippen molar-refractivity contribution < 1.29 is 7.58 Å². The van der Waals surface area contributed by atoms with Gasteiger partial charge in [0.1, 0.15) is 0 Å². The van der Waals surface area contributed by atoms with Crippen molar-refractivity contribution in [2.75, 3.05) is 28.2 Å².